The van der Waals surface area contributed by atoms with E-state index in [1.165, 1.54) is 7.11 Å². The van der Waals surface area contributed by atoms with Crippen LogP contribution in [-0.2, 0) is 23.9 Å². The van der Waals surface area contributed by atoms with E-state index >= 15 is 4.39 Å². The van der Waals surface area contributed by atoms with E-state index in [0.717, 1.165) is 36.1 Å². The Morgan fingerprint density at radius 1 is 0.855 bits per heavy atom. The zero-order valence-electron chi connectivity index (χ0n) is 36.5. The minimum Gasteiger partial charge on any atom is -0.470 e. The zero-order chi connectivity index (χ0) is 44.4. The fraction of sp³-hybridized carbons (Fsp3) is 0.467. The van der Waals surface area contributed by atoms with Crippen molar-refractivity contribution in [2.24, 2.45) is 11.8 Å². The number of carbonyl (C=O) groups excluding carboxylic acids is 4. The normalized spacial score (nSPS) is 19.0. The number of nitrogens with zero attached hydrogens (tertiary/aromatic N) is 5. The van der Waals surface area contributed by atoms with Crippen molar-refractivity contribution in [3.05, 3.63) is 66.3 Å². The molecular weight excluding hydrogens is 798 g/mol. The highest BCUT2D eigenvalue weighted by atomic mass is 19.1. The van der Waals surface area contributed by atoms with Gasteiger partial charge in [0.2, 0.25) is 18.2 Å². The van der Waals surface area contributed by atoms with Gasteiger partial charge in [0, 0.05) is 49.4 Å². The van der Waals surface area contributed by atoms with E-state index in [1.807, 2.05) is 75.6 Å². The summed E-state index contributed by atoms with van der Waals surface area (Å²) in [5.74, 6) is 0.926. The summed E-state index contributed by atoms with van der Waals surface area (Å²) in [6.45, 7) is 10.6. The summed E-state index contributed by atoms with van der Waals surface area (Å²) < 4.78 is 34.0. The second-order valence-corrected chi connectivity index (χ2v) is 16.7. The number of amides is 4. The SMILES string of the molecule is COC.COC(=O)NC(C(=O)N1CCC[C@H]1c1ncc(-c2ccc3c(c2)c(F)c2n3C(C)Oc3cc(-c4cnc(C5CCCN5C(=O)C(NC=O)C(C)C)[nH]4)ccc3-2)[nH]1)C(C)C. The Hall–Kier alpha value is -6.23. The third kappa shape index (κ3) is 8.24. The van der Waals surface area contributed by atoms with Gasteiger partial charge >= 0.3 is 6.09 Å². The topological polar surface area (TPSA) is 189 Å². The van der Waals surface area contributed by atoms with Gasteiger partial charge in [0.25, 0.3) is 0 Å². The average molecular weight is 854 g/mol. The summed E-state index contributed by atoms with van der Waals surface area (Å²) in [5, 5.41) is 5.79. The van der Waals surface area contributed by atoms with E-state index in [-0.39, 0.29) is 41.6 Å². The number of aromatic nitrogens is 5. The lowest BCUT2D eigenvalue weighted by Gasteiger charge is -2.30. The van der Waals surface area contributed by atoms with E-state index < -0.39 is 24.4 Å². The van der Waals surface area contributed by atoms with Crippen LogP contribution in [0.3, 0.4) is 0 Å². The summed E-state index contributed by atoms with van der Waals surface area (Å²) >= 11 is 0. The summed E-state index contributed by atoms with van der Waals surface area (Å²) in [7, 11) is 4.52. The Kier molecular flexibility index (Phi) is 13.0. The molecule has 5 atom stereocenters. The van der Waals surface area contributed by atoms with E-state index in [9.17, 15) is 19.2 Å². The fourth-order valence-electron chi connectivity index (χ4n) is 8.90. The molecule has 0 bridgehead atoms. The molecule has 8 rings (SSSR count). The van der Waals surface area contributed by atoms with Crippen LogP contribution in [0.4, 0.5) is 9.18 Å². The number of nitrogens with one attached hydrogen (secondary N) is 4. The Bertz CT molecular complexity index is 2440. The Morgan fingerprint density at radius 3 is 1.95 bits per heavy atom. The maximum absolute atomic E-state index is 16.7. The summed E-state index contributed by atoms with van der Waals surface area (Å²) in [5.41, 5.74) is 4.70. The molecule has 6 heterocycles. The van der Waals surface area contributed by atoms with Crippen LogP contribution in [-0.4, -0.2) is 105 Å². The van der Waals surface area contributed by atoms with Crippen molar-refractivity contribution < 1.29 is 37.8 Å². The number of likely N-dealkylation sites (tertiary alicyclic amines) is 2. The molecule has 4 N–H and O–H groups in total. The first kappa shape index (κ1) is 43.8. The number of ether oxygens (including phenoxy) is 3. The van der Waals surface area contributed by atoms with E-state index in [0.29, 0.717) is 71.2 Å². The van der Waals surface area contributed by atoms with Crippen molar-refractivity contribution in [3.8, 4) is 39.5 Å². The van der Waals surface area contributed by atoms with Crippen LogP contribution in [0.1, 0.15) is 90.3 Å². The maximum atomic E-state index is 16.7. The lowest BCUT2D eigenvalue weighted by Crippen LogP contribution is -2.51. The van der Waals surface area contributed by atoms with Gasteiger partial charge in [0.05, 0.1) is 54.2 Å². The molecule has 3 aliphatic rings. The molecule has 2 fully saturated rings. The predicted molar refractivity (Wildman–Crippen MR) is 230 cm³/mol. The molecule has 3 aliphatic heterocycles. The zero-order valence-corrected chi connectivity index (χ0v) is 36.5. The molecule has 62 heavy (non-hydrogen) atoms. The minimum atomic E-state index is -0.742. The average Bonchev–Trinajstić information content (AvgIpc) is 4.11. The number of aromatic amines is 2. The summed E-state index contributed by atoms with van der Waals surface area (Å²) in [4.78, 5) is 70.0. The number of imidazole rings is 2. The number of hydrogen-bond acceptors (Lipinski definition) is 9. The Balaban J connectivity index is 0.00000187. The van der Waals surface area contributed by atoms with E-state index in [2.05, 4.69) is 35.3 Å². The summed E-state index contributed by atoms with van der Waals surface area (Å²) in [6, 6.07) is 9.35. The first-order valence-corrected chi connectivity index (χ1v) is 21.1. The summed E-state index contributed by atoms with van der Waals surface area (Å²) in [6.07, 6.45) is 5.92. The quantitative estimate of drug-likeness (QED) is 0.103. The number of halogens is 1. The van der Waals surface area contributed by atoms with Gasteiger partial charge in [-0.05, 0) is 68.7 Å². The molecule has 2 aromatic carbocycles. The molecular formula is C45H56FN9O7. The molecule has 5 aromatic rings. The molecule has 0 spiro atoms. The minimum absolute atomic E-state index is 0.0641. The third-order valence-electron chi connectivity index (χ3n) is 11.9. The molecule has 16 nitrogen and oxygen atoms in total. The van der Waals surface area contributed by atoms with Crippen LogP contribution in [0.25, 0.3) is 44.7 Å². The van der Waals surface area contributed by atoms with Crippen LogP contribution in [0, 0.1) is 17.7 Å². The number of benzene rings is 2. The predicted octanol–water partition coefficient (Wildman–Crippen LogP) is 6.88. The van der Waals surface area contributed by atoms with Crippen molar-refractivity contribution >= 4 is 35.2 Å². The molecule has 4 amide bonds. The highest BCUT2D eigenvalue weighted by molar-refractivity contribution is 5.93. The second kappa shape index (κ2) is 18.4. The van der Waals surface area contributed by atoms with E-state index in [1.54, 1.807) is 36.4 Å². The molecule has 4 unspecified atom stereocenters. The maximum Gasteiger partial charge on any atom is 0.407 e. The fourth-order valence-corrected chi connectivity index (χ4v) is 8.90. The van der Waals surface area contributed by atoms with Crippen molar-refractivity contribution in [3.63, 3.8) is 0 Å². The molecule has 17 heteroatoms. The number of carbonyl (C=O) groups is 4. The molecule has 0 aliphatic carbocycles. The van der Waals surface area contributed by atoms with Crippen LogP contribution in [0.5, 0.6) is 5.75 Å². The first-order valence-electron chi connectivity index (χ1n) is 21.1. The molecule has 330 valence electrons. The van der Waals surface area contributed by atoms with Gasteiger partial charge in [-0.2, -0.15) is 0 Å². The van der Waals surface area contributed by atoms with Gasteiger partial charge in [-0.25, -0.2) is 19.2 Å². The number of H-pyrrole nitrogens is 2. The number of methoxy groups -OCH3 is 2. The smallest absolute Gasteiger partial charge is 0.407 e. The standard InChI is InChI=1S/C43H50FN9O6.C2H6O/c1-22(2)36(47-21-54)41(55)51-15-7-9-32(51)39-46-20-30(49-39)26-11-13-27-34(18-26)59-24(5)53-31-14-12-25(17-28(31)35(44)38(27)53)29-19-45-40(48-29)33-10-8-16-52(33)42(56)37(23(3)4)50-43(57)58-6;1-3-2/h11-14,17-24,32-33,36-37H,7-10,15-16H2,1-6H3,(H,45,48)(H,46,49)(H,47,54)(H,50,57);1-2H3/t24?,32?,33-,36?,37?;/m0./s1. The third-order valence-corrected chi connectivity index (χ3v) is 11.9. The Labute approximate surface area is 359 Å². The van der Waals surface area contributed by atoms with Crippen LogP contribution >= 0.6 is 0 Å². The van der Waals surface area contributed by atoms with Gasteiger partial charge in [0.15, 0.2) is 12.0 Å². The molecule has 2 saturated heterocycles. The lowest BCUT2D eigenvalue weighted by molar-refractivity contribution is -0.137. The van der Waals surface area contributed by atoms with Crippen molar-refractivity contribution in [1.82, 2.24) is 44.9 Å². The monoisotopic (exact) mass is 853 g/mol. The van der Waals surface area contributed by atoms with E-state index in [4.69, 9.17) is 9.47 Å². The van der Waals surface area contributed by atoms with Crippen LogP contribution < -0.4 is 15.4 Å². The van der Waals surface area contributed by atoms with Crippen molar-refractivity contribution in [2.75, 3.05) is 34.4 Å². The van der Waals surface area contributed by atoms with Gasteiger partial charge in [-0.3, -0.25) is 14.4 Å². The number of hydrogen-bond donors (Lipinski definition) is 4. The molecule has 0 radical (unpaired) electrons. The highest BCUT2D eigenvalue weighted by Crippen LogP contribution is 2.46. The highest BCUT2D eigenvalue weighted by Gasteiger charge is 2.39. The molecule has 0 saturated carbocycles. The van der Waals surface area contributed by atoms with Gasteiger partial charge < -0.3 is 49.2 Å². The lowest BCUT2D eigenvalue weighted by atomic mass is 10.0. The van der Waals surface area contributed by atoms with Gasteiger partial charge in [-0.1, -0.05) is 39.8 Å². The van der Waals surface area contributed by atoms with Crippen molar-refractivity contribution in [1.29, 1.82) is 0 Å². The van der Waals surface area contributed by atoms with Crippen molar-refractivity contribution in [2.45, 2.75) is 90.7 Å². The Morgan fingerprint density at radius 2 is 1.40 bits per heavy atom. The largest absolute Gasteiger partial charge is 0.470 e. The first-order chi connectivity index (χ1) is 29.8. The van der Waals surface area contributed by atoms with Gasteiger partial charge in [0.1, 0.15) is 29.5 Å². The van der Waals surface area contributed by atoms with Gasteiger partial charge in [-0.15, -0.1) is 0 Å². The number of alkyl carbamates (subject to hydrolysis) is 1. The number of rotatable bonds is 11. The van der Waals surface area contributed by atoms with Crippen LogP contribution in [0.15, 0.2) is 48.8 Å². The second-order valence-electron chi connectivity index (χ2n) is 16.7. The van der Waals surface area contributed by atoms with Crippen LogP contribution in [0.2, 0.25) is 0 Å². The molecule has 3 aromatic heterocycles. The number of fused-ring (bicyclic) bond motifs is 5.